The number of anilines is 1. The molecule has 0 amide bonds. The van der Waals surface area contributed by atoms with E-state index in [1.807, 2.05) is 18.2 Å². The zero-order valence-corrected chi connectivity index (χ0v) is 18.2. The summed E-state index contributed by atoms with van der Waals surface area (Å²) in [5.41, 5.74) is 3.03. The molecule has 2 aliphatic rings. The molecule has 0 spiro atoms. The molecule has 162 valence electrons. The molecule has 0 atom stereocenters. The molecule has 2 aromatic carbocycles. The monoisotopic (exact) mass is 438 g/mol. The summed E-state index contributed by atoms with van der Waals surface area (Å²) in [6.45, 7) is 3.42. The van der Waals surface area contributed by atoms with Crippen molar-refractivity contribution < 1.29 is 13.2 Å². The van der Waals surface area contributed by atoms with Gasteiger partial charge in [0.25, 0.3) is 0 Å². The summed E-state index contributed by atoms with van der Waals surface area (Å²) in [6.07, 6.45) is 5.16. The van der Waals surface area contributed by atoms with E-state index in [0.717, 1.165) is 37.2 Å². The van der Waals surface area contributed by atoms with Crippen LogP contribution in [-0.2, 0) is 14.8 Å². The molecule has 0 N–H and O–H groups in total. The van der Waals surface area contributed by atoms with Crippen molar-refractivity contribution in [1.82, 2.24) is 4.31 Å². The van der Waals surface area contributed by atoms with Crippen molar-refractivity contribution in [3.05, 3.63) is 53.6 Å². The number of ether oxygens (including phenoxy) is 1. The third-order valence-electron chi connectivity index (χ3n) is 5.64. The number of nitriles is 1. The summed E-state index contributed by atoms with van der Waals surface area (Å²) in [5.74, 6) is 0. The third-order valence-corrected chi connectivity index (χ3v) is 7.54. The first-order valence-electron chi connectivity index (χ1n) is 10.6. The lowest BCUT2D eigenvalue weighted by Gasteiger charge is -2.30. The van der Waals surface area contributed by atoms with Crippen molar-refractivity contribution in [2.75, 3.05) is 44.3 Å². The van der Waals surface area contributed by atoms with Gasteiger partial charge in [0.15, 0.2) is 0 Å². The molecule has 31 heavy (non-hydrogen) atoms. The topological polar surface area (TPSA) is 86.0 Å². The van der Waals surface area contributed by atoms with Gasteiger partial charge in [-0.05, 0) is 55.2 Å². The second-order valence-electron chi connectivity index (χ2n) is 7.71. The molecular weight excluding hydrogens is 412 g/mol. The van der Waals surface area contributed by atoms with E-state index in [-0.39, 0.29) is 4.90 Å². The second-order valence-corrected chi connectivity index (χ2v) is 9.64. The van der Waals surface area contributed by atoms with Crippen molar-refractivity contribution in [3.8, 4) is 6.07 Å². The fraction of sp³-hybridized carbons (Fsp3) is 0.391. The molecule has 0 saturated carbocycles. The molecule has 2 aromatic rings. The van der Waals surface area contributed by atoms with Crippen molar-refractivity contribution in [2.45, 2.75) is 24.2 Å². The Labute approximate surface area is 183 Å². The van der Waals surface area contributed by atoms with Gasteiger partial charge < -0.3 is 9.64 Å². The maximum Gasteiger partial charge on any atom is 0.243 e. The van der Waals surface area contributed by atoms with E-state index in [1.54, 1.807) is 30.5 Å². The molecule has 0 aromatic heterocycles. The number of aliphatic imine (C=N–C) groups is 1. The van der Waals surface area contributed by atoms with Crippen LogP contribution in [-0.4, -0.2) is 58.3 Å². The molecule has 2 fully saturated rings. The number of piperidine rings is 1. The molecule has 0 radical (unpaired) electrons. The van der Waals surface area contributed by atoms with Crippen molar-refractivity contribution in [1.29, 1.82) is 5.26 Å². The highest BCUT2D eigenvalue weighted by atomic mass is 32.2. The average Bonchev–Trinajstić information content (AvgIpc) is 2.84. The van der Waals surface area contributed by atoms with E-state index >= 15 is 0 Å². The smallest absolute Gasteiger partial charge is 0.243 e. The van der Waals surface area contributed by atoms with E-state index in [0.29, 0.717) is 37.6 Å². The number of hydrogen-bond acceptors (Lipinski definition) is 6. The number of benzene rings is 2. The Hall–Kier alpha value is -2.73. The van der Waals surface area contributed by atoms with Crippen molar-refractivity contribution in [2.24, 2.45) is 4.99 Å². The first-order valence-corrected chi connectivity index (χ1v) is 12.0. The number of hydrogen-bond donors (Lipinski definition) is 0. The van der Waals surface area contributed by atoms with Crippen LogP contribution in [0.2, 0.25) is 0 Å². The first kappa shape index (κ1) is 21.5. The molecular formula is C23H26N4O3S. The quantitative estimate of drug-likeness (QED) is 0.669. The Bertz CT molecular complexity index is 1080. The third kappa shape index (κ3) is 4.96. The molecule has 2 saturated heterocycles. The summed E-state index contributed by atoms with van der Waals surface area (Å²) in [6, 6.07) is 14.5. The van der Waals surface area contributed by atoms with E-state index < -0.39 is 10.0 Å². The normalized spacial score (nSPS) is 18.2. The number of rotatable bonds is 5. The van der Waals surface area contributed by atoms with Gasteiger partial charge in [0.1, 0.15) is 0 Å². The Kier molecular flexibility index (Phi) is 6.66. The van der Waals surface area contributed by atoms with Crippen LogP contribution in [0.1, 0.15) is 30.4 Å². The lowest BCUT2D eigenvalue weighted by atomic mass is 10.1. The predicted octanol–water partition coefficient (Wildman–Crippen LogP) is 3.32. The summed E-state index contributed by atoms with van der Waals surface area (Å²) in [7, 11) is -3.60. The first-order chi connectivity index (χ1) is 15.1. The van der Waals surface area contributed by atoms with Crippen LogP contribution in [0, 0.1) is 11.3 Å². The van der Waals surface area contributed by atoms with E-state index in [1.165, 1.54) is 10.7 Å². The molecule has 0 bridgehead atoms. The summed E-state index contributed by atoms with van der Waals surface area (Å²) >= 11 is 0. The van der Waals surface area contributed by atoms with Gasteiger partial charge in [-0.2, -0.15) is 9.57 Å². The van der Waals surface area contributed by atoms with Crippen LogP contribution < -0.4 is 4.90 Å². The van der Waals surface area contributed by atoms with E-state index in [2.05, 4.69) is 16.0 Å². The Morgan fingerprint density at radius 1 is 0.968 bits per heavy atom. The molecule has 7 nitrogen and oxygen atoms in total. The maximum atomic E-state index is 13.1. The SMILES string of the molecule is N#Cc1ccc(C=Nc2cc(S(=O)(=O)N3CCOCC3)ccc2N2CCCCC2)cc1. The minimum atomic E-state index is -3.60. The molecule has 0 aliphatic carbocycles. The average molecular weight is 439 g/mol. The van der Waals surface area contributed by atoms with Gasteiger partial charge >= 0.3 is 0 Å². The lowest BCUT2D eigenvalue weighted by Crippen LogP contribution is -2.40. The van der Waals surface area contributed by atoms with Crippen LogP contribution in [0.15, 0.2) is 52.4 Å². The fourth-order valence-electron chi connectivity index (χ4n) is 3.89. The minimum absolute atomic E-state index is 0.252. The van der Waals surface area contributed by atoms with Crippen LogP contribution in [0.3, 0.4) is 0 Å². The van der Waals surface area contributed by atoms with Gasteiger partial charge in [0.2, 0.25) is 10.0 Å². The van der Waals surface area contributed by atoms with Crippen LogP contribution in [0.25, 0.3) is 0 Å². The number of nitrogens with zero attached hydrogens (tertiary/aromatic N) is 4. The molecule has 2 heterocycles. The van der Waals surface area contributed by atoms with Crippen LogP contribution in [0.5, 0.6) is 0 Å². The summed E-state index contributed by atoms with van der Waals surface area (Å²) in [4.78, 5) is 7.20. The van der Waals surface area contributed by atoms with Gasteiger partial charge in [0.05, 0.1) is 41.1 Å². The van der Waals surface area contributed by atoms with Crippen molar-refractivity contribution >= 4 is 27.6 Å². The van der Waals surface area contributed by atoms with Gasteiger partial charge in [-0.15, -0.1) is 0 Å². The zero-order chi connectivity index (χ0) is 21.7. The minimum Gasteiger partial charge on any atom is -0.379 e. The van der Waals surface area contributed by atoms with Gasteiger partial charge in [-0.3, -0.25) is 4.99 Å². The molecule has 0 unspecified atom stereocenters. The Morgan fingerprint density at radius 2 is 1.68 bits per heavy atom. The highest BCUT2D eigenvalue weighted by molar-refractivity contribution is 7.89. The van der Waals surface area contributed by atoms with Crippen LogP contribution in [0.4, 0.5) is 11.4 Å². The van der Waals surface area contributed by atoms with Crippen molar-refractivity contribution in [3.63, 3.8) is 0 Å². The molecule has 2 aliphatic heterocycles. The van der Waals surface area contributed by atoms with E-state index in [9.17, 15) is 8.42 Å². The predicted molar refractivity (Wildman–Crippen MR) is 120 cm³/mol. The van der Waals surface area contributed by atoms with Gasteiger partial charge in [0, 0.05) is 32.4 Å². The largest absolute Gasteiger partial charge is 0.379 e. The number of morpholine rings is 1. The fourth-order valence-corrected chi connectivity index (χ4v) is 5.32. The summed E-state index contributed by atoms with van der Waals surface area (Å²) < 4.78 is 33.1. The van der Waals surface area contributed by atoms with Gasteiger partial charge in [-0.25, -0.2) is 8.42 Å². The highest BCUT2D eigenvalue weighted by Gasteiger charge is 2.27. The molecule has 4 rings (SSSR count). The highest BCUT2D eigenvalue weighted by Crippen LogP contribution is 2.34. The lowest BCUT2D eigenvalue weighted by molar-refractivity contribution is 0.0730. The zero-order valence-electron chi connectivity index (χ0n) is 17.4. The standard InChI is InChI=1S/C23H26N4O3S/c24-17-19-4-6-20(7-5-19)18-25-22-16-21(31(28,29)27-12-14-30-15-13-27)8-9-23(22)26-10-2-1-3-11-26/h4-9,16,18H,1-3,10-15H2. The molecule has 8 heteroatoms. The summed E-state index contributed by atoms with van der Waals surface area (Å²) in [5, 5.41) is 8.97. The Morgan fingerprint density at radius 3 is 2.35 bits per heavy atom. The van der Waals surface area contributed by atoms with Crippen LogP contribution >= 0.6 is 0 Å². The van der Waals surface area contributed by atoms with Gasteiger partial charge in [-0.1, -0.05) is 12.1 Å². The Balaban J connectivity index is 1.69. The second kappa shape index (κ2) is 9.60. The number of sulfonamides is 1. The maximum absolute atomic E-state index is 13.1. The van der Waals surface area contributed by atoms with E-state index in [4.69, 9.17) is 10.00 Å².